The number of alkyl halides is 3. The highest BCUT2D eigenvalue weighted by atomic mass is 19.4. The number of amides is 1. The van der Waals surface area contributed by atoms with Crippen molar-refractivity contribution in [3.8, 4) is 0 Å². The van der Waals surface area contributed by atoms with Crippen LogP contribution < -0.4 is 10.6 Å². The zero-order valence-corrected chi connectivity index (χ0v) is 24.2. The van der Waals surface area contributed by atoms with Crippen molar-refractivity contribution in [1.29, 1.82) is 0 Å². The van der Waals surface area contributed by atoms with Crippen LogP contribution in [0.25, 0.3) is 0 Å². The summed E-state index contributed by atoms with van der Waals surface area (Å²) in [4.78, 5) is 15.2. The minimum absolute atomic E-state index is 0.0429. The molecule has 1 aromatic carbocycles. The van der Waals surface area contributed by atoms with E-state index in [1.165, 1.54) is 12.1 Å². The predicted molar refractivity (Wildman–Crippen MR) is 150 cm³/mol. The second kappa shape index (κ2) is 13.7. The van der Waals surface area contributed by atoms with Crippen molar-refractivity contribution in [2.45, 2.75) is 82.0 Å². The lowest BCUT2D eigenvalue weighted by Gasteiger charge is -2.38. The van der Waals surface area contributed by atoms with Gasteiger partial charge < -0.3 is 29.7 Å². The molecule has 3 fully saturated rings. The Morgan fingerprint density at radius 2 is 1.88 bits per heavy atom. The minimum atomic E-state index is -4.36. The van der Waals surface area contributed by atoms with Gasteiger partial charge in [0.05, 0.1) is 42.4 Å². The summed E-state index contributed by atoms with van der Waals surface area (Å²) in [5, 5.41) is 15.4. The van der Waals surface area contributed by atoms with Crippen molar-refractivity contribution >= 4 is 11.6 Å². The molecule has 5 rings (SSSR count). The van der Waals surface area contributed by atoms with Crippen molar-refractivity contribution < 1.29 is 32.2 Å². The maximum absolute atomic E-state index is 13.4. The number of anilines is 1. The number of piperidine rings is 1. The molecule has 0 spiro atoms. The fraction of sp³-hybridized carbons (Fsp3) is 0.633. The van der Waals surface area contributed by atoms with E-state index in [0.717, 1.165) is 74.1 Å². The Bertz CT molecular complexity index is 1190. The summed E-state index contributed by atoms with van der Waals surface area (Å²) < 4.78 is 56.1. The molecule has 2 aromatic rings. The zero-order valence-electron chi connectivity index (χ0n) is 24.2. The van der Waals surface area contributed by atoms with Gasteiger partial charge in [-0.2, -0.15) is 18.3 Å². The minimum Gasteiger partial charge on any atom is -0.381 e. The highest BCUT2D eigenvalue weighted by molar-refractivity contribution is 5.94. The second-order valence-electron chi connectivity index (χ2n) is 11.4. The molecule has 0 bridgehead atoms. The van der Waals surface area contributed by atoms with Gasteiger partial charge in [0, 0.05) is 51.0 Å². The smallest absolute Gasteiger partial charge is 0.381 e. The average molecular weight is 592 g/mol. The fourth-order valence-corrected chi connectivity index (χ4v) is 6.07. The van der Waals surface area contributed by atoms with E-state index in [-0.39, 0.29) is 30.3 Å². The molecule has 1 amide bonds. The van der Waals surface area contributed by atoms with E-state index < -0.39 is 11.7 Å². The molecule has 0 saturated carbocycles. The highest BCUT2D eigenvalue weighted by Gasteiger charge is 2.33. The lowest BCUT2D eigenvalue weighted by atomic mass is 9.97. The topological polar surface area (TPSA) is 97.8 Å². The third-order valence-corrected chi connectivity index (χ3v) is 8.62. The maximum Gasteiger partial charge on any atom is 0.416 e. The Morgan fingerprint density at radius 1 is 1.12 bits per heavy atom. The molecule has 3 aliphatic heterocycles. The molecule has 1 aromatic heterocycles. The van der Waals surface area contributed by atoms with Gasteiger partial charge in [-0.25, -0.2) is 0 Å². The third-order valence-electron chi connectivity index (χ3n) is 8.62. The number of nitrogens with zero attached hydrogens (tertiary/aromatic N) is 3. The van der Waals surface area contributed by atoms with E-state index in [0.29, 0.717) is 38.0 Å². The number of methoxy groups -OCH3 is 1. The van der Waals surface area contributed by atoms with Crippen LogP contribution in [0.2, 0.25) is 0 Å². The molecule has 4 unspecified atom stereocenters. The van der Waals surface area contributed by atoms with Gasteiger partial charge in [0.25, 0.3) is 5.91 Å². The van der Waals surface area contributed by atoms with Crippen molar-refractivity contribution in [3.63, 3.8) is 0 Å². The number of halogens is 3. The van der Waals surface area contributed by atoms with E-state index in [1.54, 1.807) is 13.3 Å². The summed E-state index contributed by atoms with van der Waals surface area (Å²) in [7, 11) is 1.71. The number of carbonyl (C=O) groups is 1. The van der Waals surface area contributed by atoms with E-state index in [2.05, 4.69) is 20.8 Å². The Balaban J connectivity index is 1.13. The number of benzene rings is 1. The molecule has 4 atom stereocenters. The van der Waals surface area contributed by atoms with Crippen molar-refractivity contribution in [2.75, 3.05) is 45.3 Å². The lowest BCUT2D eigenvalue weighted by Crippen LogP contribution is -2.54. The summed E-state index contributed by atoms with van der Waals surface area (Å²) in [6.07, 6.45) is 2.01. The first-order valence-corrected chi connectivity index (χ1v) is 14.8. The quantitative estimate of drug-likeness (QED) is 0.463. The SMILES string of the molecule is COC1COCCC1NC1CCN(C(=O)c2nncc(NCC3CCCC(c4ccc(C(F)(F)F)cc4)O3)c2C)CC1. The van der Waals surface area contributed by atoms with Crippen LogP contribution in [0.5, 0.6) is 0 Å². The zero-order chi connectivity index (χ0) is 29.7. The van der Waals surface area contributed by atoms with Crippen LogP contribution in [0.3, 0.4) is 0 Å². The number of nitrogens with one attached hydrogen (secondary N) is 2. The second-order valence-corrected chi connectivity index (χ2v) is 11.4. The van der Waals surface area contributed by atoms with Crippen LogP contribution in [-0.2, 0) is 20.4 Å². The highest BCUT2D eigenvalue weighted by Crippen LogP contribution is 2.34. The van der Waals surface area contributed by atoms with Gasteiger partial charge in [-0.05, 0) is 63.1 Å². The maximum atomic E-state index is 13.4. The number of carbonyl (C=O) groups excluding carboxylic acids is 1. The van der Waals surface area contributed by atoms with E-state index in [1.807, 2.05) is 11.8 Å². The summed E-state index contributed by atoms with van der Waals surface area (Å²) in [6.45, 7) is 4.95. The molecule has 3 saturated heterocycles. The van der Waals surface area contributed by atoms with Gasteiger partial charge in [0.15, 0.2) is 5.69 Å². The summed E-state index contributed by atoms with van der Waals surface area (Å²) in [5.74, 6) is -0.126. The number of ether oxygens (including phenoxy) is 3. The van der Waals surface area contributed by atoms with Crippen LogP contribution in [0.4, 0.5) is 18.9 Å². The molecular weight excluding hydrogens is 551 g/mol. The molecule has 3 aliphatic rings. The van der Waals surface area contributed by atoms with Crippen molar-refractivity contribution in [3.05, 3.63) is 52.8 Å². The van der Waals surface area contributed by atoms with Crippen molar-refractivity contribution in [2.24, 2.45) is 0 Å². The van der Waals surface area contributed by atoms with Crippen LogP contribution >= 0.6 is 0 Å². The van der Waals surface area contributed by atoms with Gasteiger partial charge in [-0.15, -0.1) is 5.10 Å². The Morgan fingerprint density at radius 3 is 2.60 bits per heavy atom. The lowest BCUT2D eigenvalue weighted by molar-refractivity contribution is -0.137. The van der Waals surface area contributed by atoms with Crippen molar-refractivity contribution in [1.82, 2.24) is 20.4 Å². The first-order chi connectivity index (χ1) is 20.2. The fourth-order valence-electron chi connectivity index (χ4n) is 6.07. The average Bonchev–Trinajstić information content (AvgIpc) is 3.01. The first kappa shape index (κ1) is 30.7. The number of rotatable bonds is 8. The van der Waals surface area contributed by atoms with Gasteiger partial charge in [-0.3, -0.25) is 4.79 Å². The molecular formula is C30H40F3N5O4. The van der Waals surface area contributed by atoms with Crippen LogP contribution in [-0.4, -0.2) is 85.3 Å². The molecule has 12 heteroatoms. The normalized spacial score (nSPS) is 25.8. The van der Waals surface area contributed by atoms with Crippen LogP contribution in [0.1, 0.15) is 71.8 Å². The monoisotopic (exact) mass is 591 g/mol. The van der Waals surface area contributed by atoms with E-state index >= 15 is 0 Å². The van der Waals surface area contributed by atoms with Crippen LogP contribution in [0, 0.1) is 6.92 Å². The summed E-state index contributed by atoms with van der Waals surface area (Å²) in [6, 6.07) is 5.78. The number of likely N-dealkylation sites (tertiary alicyclic amines) is 1. The first-order valence-electron chi connectivity index (χ1n) is 14.8. The third kappa shape index (κ3) is 7.39. The molecule has 42 heavy (non-hydrogen) atoms. The van der Waals surface area contributed by atoms with Gasteiger partial charge in [0.2, 0.25) is 0 Å². The summed E-state index contributed by atoms with van der Waals surface area (Å²) >= 11 is 0. The summed E-state index contributed by atoms with van der Waals surface area (Å²) in [5.41, 5.74) is 1.86. The number of aromatic nitrogens is 2. The Kier molecular flexibility index (Phi) is 9.97. The predicted octanol–water partition coefficient (Wildman–Crippen LogP) is 4.52. The molecule has 4 heterocycles. The van der Waals surface area contributed by atoms with E-state index in [4.69, 9.17) is 14.2 Å². The van der Waals surface area contributed by atoms with E-state index in [9.17, 15) is 18.0 Å². The molecule has 9 nitrogen and oxygen atoms in total. The van der Waals surface area contributed by atoms with Gasteiger partial charge in [-0.1, -0.05) is 12.1 Å². The van der Waals surface area contributed by atoms with Crippen LogP contribution in [0.15, 0.2) is 30.5 Å². The standard InChI is InChI=1S/C30H40F3N5O4/c1-19-25(34-16-23-4-3-5-26(42-23)20-6-8-21(9-7-20)30(31,32)33)17-35-37-28(19)29(39)38-13-10-22(11-14-38)36-24-12-15-41-18-27(24)40-2/h6-9,17,22-24,26-27,36H,3-5,10-16,18H2,1-2H3,(H,34,37). The largest absolute Gasteiger partial charge is 0.416 e. The Hall–Kier alpha value is -2.80. The van der Waals surface area contributed by atoms with Gasteiger partial charge in [0.1, 0.15) is 0 Å². The van der Waals surface area contributed by atoms with Gasteiger partial charge >= 0.3 is 6.18 Å². The molecule has 0 aliphatic carbocycles. The molecule has 0 radical (unpaired) electrons. The Labute approximate surface area is 244 Å². The number of hydrogen-bond donors (Lipinski definition) is 2. The number of hydrogen-bond acceptors (Lipinski definition) is 8. The molecule has 2 N–H and O–H groups in total. The molecule has 230 valence electrons.